The highest BCUT2D eigenvalue weighted by molar-refractivity contribution is 5.99. The van der Waals surface area contributed by atoms with Crippen molar-refractivity contribution in [3.8, 4) is 0 Å². The summed E-state index contributed by atoms with van der Waals surface area (Å²) in [6.07, 6.45) is 18.7. The summed E-state index contributed by atoms with van der Waals surface area (Å²) in [5.74, 6) is 0.0381. The molecule has 0 aliphatic heterocycles. The molecule has 4 heteroatoms. The molecule has 1 heterocycles. The zero-order valence-corrected chi connectivity index (χ0v) is 21.0. The Morgan fingerprint density at radius 2 is 1.26 bits per heavy atom. The lowest BCUT2D eigenvalue weighted by Crippen LogP contribution is -2.06. The summed E-state index contributed by atoms with van der Waals surface area (Å²) in [7, 11) is 3.40. The van der Waals surface area contributed by atoms with Crippen molar-refractivity contribution in [1.82, 2.24) is 4.57 Å². The molecule has 0 radical (unpaired) electrons. The SMILES string of the molecule is CCCCCCCCCCCCCCCC(=O)c1c(C)c(CCC(=O)OC)n(C)c1C. The molecule has 178 valence electrons. The third kappa shape index (κ3) is 10.1. The Morgan fingerprint density at radius 1 is 0.774 bits per heavy atom. The highest BCUT2D eigenvalue weighted by Gasteiger charge is 2.20. The van der Waals surface area contributed by atoms with Gasteiger partial charge >= 0.3 is 5.97 Å². The largest absolute Gasteiger partial charge is 0.469 e. The minimum Gasteiger partial charge on any atom is -0.469 e. The molecular weight excluding hydrogens is 386 g/mol. The van der Waals surface area contributed by atoms with Gasteiger partial charge in [0.1, 0.15) is 0 Å². The number of nitrogens with zero attached hydrogens (tertiary/aromatic N) is 1. The number of hydrogen-bond acceptors (Lipinski definition) is 3. The monoisotopic (exact) mass is 433 g/mol. The second-order valence-corrected chi connectivity index (χ2v) is 9.08. The Hall–Kier alpha value is -1.58. The average molecular weight is 434 g/mol. The average Bonchev–Trinajstić information content (AvgIpc) is 2.97. The third-order valence-corrected chi connectivity index (χ3v) is 6.66. The molecule has 1 rings (SSSR count). The number of rotatable bonds is 18. The molecule has 1 aromatic heterocycles. The van der Waals surface area contributed by atoms with Gasteiger partial charge in [0.25, 0.3) is 0 Å². The van der Waals surface area contributed by atoms with Gasteiger partial charge in [-0.2, -0.15) is 0 Å². The van der Waals surface area contributed by atoms with E-state index >= 15 is 0 Å². The highest BCUT2D eigenvalue weighted by atomic mass is 16.5. The van der Waals surface area contributed by atoms with Crippen LogP contribution in [0.15, 0.2) is 0 Å². The Morgan fingerprint density at radius 3 is 1.74 bits per heavy atom. The van der Waals surface area contributed by atoms with Gasteiger partial charge in [-0.05, 0) is 32.3 Å². The molecule has 31 heavy (non-hydrogen) atoms. The normalized spacial score (nSPS) is 11.1. The summed E-state index contributed by atoms with van der Waals surface area (Å²) < 4.78 is 6.82. The van der Waals surface area contributed by atoms with Crippen molar-refractivity contribution in [1.29, 1.82) is 0 Å². The van der Waals surface area contributed by atoms with Gasteiger partial charge < -0.3 is 9.30 Å². The summed E-state index contributed by atoms with van der Waals surface area (Å²) in [6.45, 7) is 6.29. The molecular formula is C27H47NO3. The molecule has 0 aliphatic rings. The van der Waals surface area contributed by atoms with E-state index in [1.54, 1.807) is 0 Å². The Labute approximate surface area is 191 Å². The molecule has 0 amide bonds. The van der Waals surface area contributed by atoms with E-state index in [0.717, 1.165) is 35.4 Å². The van der Waals surface area contributed by atoms with E-state index in [0.29, 0.717) is 19.3 Å². The van der Waals surface area contributed by atoms with Gasteiger partial charge in [0.2, 0.25) is 0 Å². The first kappa shape index (κ1) is 27.5. The highest BCUT2D eigenvalue weighted by Crippen LogP contribution is 2.25. The van der Waals surface area contributed by atoms with Crippen LogP contribution in [0.25, 0.3) is 0 Å². The van der Waals surface area contributed by atoms with Crippen molar-refractivity contribution in [3.63, 3.8) is 0 Å². The number of unbranched alkanes of at least 4 members (excludes halogenated alkanes) is 12. The van der Waals surface area contributed by atoms with E-state index in [9.17, 15) is 9.59 Å². The maximum Gasteiger partial charge on any atom is 0.305 e. The van der Waals surface area contributed by atoms with Crippen molar-refractivity contribution < 1.29 is 14.3 Å². The second-order valence-electron chi connectivity index (χ2n) is 9.08. The lowest BCUT2D eigenvalue weighted by molar-refractivity contribution is -0.140. The molecule has 0 aromatic carbocycles. The standard InChI is InChI=1S/C27H47NO3/c1-6-7-8-9-10-11-12-13-14-15-16-17-18-19-25(29)27-22(2)24(28(4)23(27)3)20-21-26(30)31-5/h6-21H2,1-5H3. The van der Waals surface area contributed by atoms with Gasteiger partial charge in [-0.15, -0.1) is 0 Å². The summed E-state index contributed by atoms with van der Waals surface area (Å²) >= 11 is 0. The fourth-order valence-corrected chi connectivity index (χ4v) is 4.55. The predicted octanol–water partition coefficient (Wildman–Crippen LogP) is 7.41. The molecule has 0 bridgehead atoms. The zero-order chi connectivity index (χ0) is 23.1. The first-order valence-electron chi connectivity index (χ1n) is 12.7. The Bertz CT molecular complexity index is 660. The van der Waals surface area contributed by atoms with Gasteiger partial charge in [-0.3, -0.25) is 9.59 Å². The van der Waals surface area contributed by atoms with Crippen LogP contribution in [0.2, 0.25) is 0 Å². The third-order valence-electron chi connectivity index (χ3n) is 6.66. The Kier molecular flexibility index (Phi) is 14.3. The molecule has 0 saturated carbocycles. The number of carbonyl (C=O) groups excluding carboxylic acids is 2. The van der Waals surface area contributed by atoms with Crippen molar-refractivity contribution in [2.75, 3.05) is 7.11 Å². The molecule has 0 aliphatic carbocycles. The molecule has 0 spiro atoms. The van der Waals surface area contributed by atoms with Gasteiger partial charge in [0, 0.05) is 30.4 Å². The maximum atomic E-state index is 12.8. The van der Waals surface area contributed by atoms with E-state index in [1.165, 1.54) is 77.7 Å². The second kappa shape index (κ2) is 16.1. The van der Waals surface area contributed by atoms with Crippen molar-refractivity contribution in [2.24, 2.45) is 7.05 Å². The van der Waals surface area contributed by atoms with Crippen LogP contribution in [-0.4, -0.2) is 23.4 Å². The van der Waals surface area contributed by atoms with Crippen molar-refractivity contribution in [3.05, 3.63) is 22.5 Å². The fraction of sp³-hybridized carbons (Fsp3) is 0.778. The van der Waals surface area contributed by atoms with Gasteiger partial charge in [-0.25, -0.2) is 0 Å². The molecule has 0 saturated heterocycles. The summed E-state index contributed by atoms with van der Waals surface area (Å²) in [5, 5.41) is 0. The first-order valence-corrected chi connectivity index (χ1v) is 12.7. The number of ether oxygens (including phenoxy) is 1. The van der Waals surface area contributed by atoms with E-state index in [2.05, 4.69) is 11.5 Å². The van der Waals surface area contributed by atoms with E-state index in [1.807, 2.05) is 20.9 Å². The van der Waals surface area contributed by atoms with Crippen LogP contribution >= 0.6 is 0 Å². The molecule has 0 unspecified atom stereocenters. The minimum atomic E-state index is -0.210. The molecule has 4 nitrogen and oxygen atoms in total. The lowest BCUT2D eigenvalue weighted by Gasteiger charge is -2.05. The smallest absolute Gasteiger partial charge is 0.305 e. The number of ketones is 1. The van der Waals surface area contributed by atoms with Crippen LogP contribution < -0.4 is 0 Å². The molecule has 0 fully saturated rings. The first-order chi connectivity index (χ1) is 14.9. The minimum absolute atomic E-state index is 0.210. The van der Waals surface area contributed by atoms with Crippen LogP contribution in [0.4, 0.5) is 0 Å². The zero-order valence-electron chi connectivity index (χ0n) is 21.0. The van der Waals surface area contributed by atoms with Gasteiger partial charge in [-0.1, -0.05) is 84.0 Å². The topological polar surface area (TPSA) is 48.3 Å². The quantitative estimate of drug-likeness (QED) is 0.137. The number of aromatic nitrogens is 1. The Balaban J connectivity index is 2.23. The maximum absolute atomic E-state index is 12.8. The summed E-state index contributed by atoms with van der Waals surface area (Å²) in [6, 6.07) is 0. The molecule has 0 atom stereocenters. The predicted molar refractivity (Wildman–Crippen MR) is 130 cm³/mol. The molecule has 1 aromatic rings. The van der Waals surface area contributed by atoms with Crippen LogP contribution in [0.1, 0.15) is 131 Å². The van der Waals surface area contributed by atoms with Crippen LogP contribution in [0.5, 0.6) is 0 Å². The molecule has 0 N–H and O–H groups in total. The number of Topliss-reactive ketones (excluding diaryl/α,β-unsaturated/α-hetero) is 1. The van der Waals surface area contributed by atoms with Crippen LogP contribution in [-0.2, 0) is 23.0 Å². The number of hydrogen-bond donors (Lipinski definition) is 0. The number of methoxy groups -OCH3 is 1. The van der Waals surface area contributed by atoms with Crippen LogP contribution in [0.3, 0.4) is 0 Å². The summed E-state index contributed by atoms with van der Waals surface area (Å²) in [4.78, 5) is 24.3. The lowest BCUT2D eigenvalue weighted by atomic mass is 9.99. The fourth-order valence-electron chi connectivity index (χ4n) is 4.55. The van der Waals surface area contributed by atoms with E-state index < -0.39 is 0 Å². The van der Waals surface area contributed by atoms with Gasteiger partial charge in [0.05, 0.1) is 13.5 Å². The van der Waals surface area contributed by atoms with Crippen molar-refractivity contribution >= 4 is 11.8 Å². The number of esters is 1. The number of carbonyl (C=O) groups is 2. The summed E-state index contributed by atoms with van der Waals surface area (Å²) in [5.41, 5.74) is 3.97. The van der Waals surface area contributed by atoms with Crippen LogP contribution in [0, 0.1) is 13.8 Å². The van der Waals surface area contributed by atoms with E-state index in [4.69, 9.17) is 4.74 Å². The van der Waals surface area contributed by atoms with Gasteiger partial charge in [0.15, 0.2) is 5.78 Å². The van der Waals surface area contributed by atoms with Crippen molar-refractivity contribution in [2.45, 2.75) is 124 Å². The van der Waals surface area contributed by atoms with E-state index in [-0.39, 0.29) is 11.8 Å².